The Morgan fingerprint density at radius 1 is 1.16 bits per heavy atom. The number of carbonyl (C=O) groups is 1. The molecule has 38 heavy (non-hydrogen) atoms. The third-order valence-electron chi connectivity index (χ3n) is 8.37. The van der Waals surface area contributed by atoms with E-state index in [2.05, 4.69) is 34.3 Å². The van der Waals surface area contributed by atoms with Crippen molar-refractivity contribution in [2.45, 2.75) is 102 Å². The van der Waals surface area contributed by atoms with E-state index in [0.717, 1.165) is 49.1 Å². The molecule has 2 aliphatic carbocycles. The van der Waals surface area contributed by atoms with E-state index in [9.17, 15) is 15.0 Å². The van der Waals surface area contributed by atoms with Crippen molar-refractivity contribution in [3.63, 3.8) is 0 Å². The normalized spacial score (nSPS) is 19.7. The second-order valence-electron chi connectivity index (χ2n) is 11.3. The van der Waals surface area contributed by atoms with Gasteiger partial charge in [-0.3, -0.25) is 14.2 Å². The highest BCUT2D eigenvalue weighted by Gasteiger charge is 2.39. The van der Waals surface area contributed by atoms with Crippen molar-refractivity contribution in [2.75, 3.05) is 0 Å². The summed E-state index contributed by atoms with van der Waals surface area (Å²) in [4.78, 5) is 22.5. The molecule has 4 atom stereocenters. The van der Waals surface area contributed by atoms with Crippen LogP contribution in [0.3, 0.4) is 0 Å². The summed E-state index contributed by atoms with van der Waals surface area (Å²) in [6.07, 6.45) is 12.9. The number of pyridine rings is 1. The predicted octanol–water partition coefficient (Wildman–Crippen LogP) is 3.83. The highest BCUT2D eigenvalue weighted by atomic mass is 16.3. The number of aliphatic hydroxyl groups excluding tert-OH is 2. The van der Waals surface area contributed by atoms with Crippen molar-refractivity contribution >= 4 is 11.6 Å². The van der Waals surface area contributed by atoms with E-state index in [4.69, 9.17) is 4.98 Å². The molecule has 0 saturated heterocycles. The predicted molar refractivity (Wildman–Crippen MR) is 144 cm³/mol. The van der Waals surface area contributed by atoms with Gasteiger partial charge in [0.2, 0.25) is 5.91 Å². The Bertz CT molecular complexity index is 1220. The van der Waals surface area contributed by atoms with Crippen LogP contribution in [0.25, 0.3) is 16.9 Å². The molecule has 3 heterocycles. The molecule has 0 aliphatic heterocycles. The van der Waals surface area contributed by atoms with E-state index in [1.165, 1.54) is 19.3 Å². The van der Waals surface area contributed by atoms with Crippen LogP contribution in [0.1, 0.15) is 89.1 Å². The Labute approximate surface area is 224 Å². The lowest BCUT2D eigenvalue weighted by Gasteiger charge is -2.32. The summed E-state index contributed by atoms with van der Waals surface area (Å²) < 4.78 is 1.86. The minimum Gasteiger partial charge on any atom is -0.390 e. The van der Waals surface area contributed by atoms with Crippen LogP contribution in [0, 0.1) is 11.8 Å². The van der Waals surface area contributed by atoms with Gasteiger partial charge in [0.15, 0.2) is 5.65 Å². The Morgan fingerprint density at radius 2 is 1.95 bits per heavy atom. The molecule has 1 amide bonds. The Balaban J connectivity index is 1.39. The molecule has 3 N–H and O–H groups in total. The number of carbonyl (C=O) groups excluding carboxylic acids is 1. The highest BCUT2D eigenvalue weighted by molar-refractivity contribution is 5.78. The fourth-order valence-electron chi connectivity index (χ4n) is 5.68. The zero-order valence-corrected chi connectivity index (χ0v) is 22.5. The van der Waals surface area contributed by atoms with E-state index in [0.29, 0.717) is 23.8 Å². The number of hydrogen-bond donors (Lipinski definition) is 3. The van der Waals surface area contributed by atoms with Gasteiger partial charge in [-0.15, -0.1) is 10.2 Å². The molecule has 1 unspecified atom stereocenters. The molecule has 3 aromatic heterocycles. The zero-order chi connectivity index (χ0) is 26.6. The van der Waals surface area contributed by atoms with Gasteiger partial charge in [0.05, 0.1) is 30.0 Å². The Morgan fingerprint density at radius 3 is 2.63 bits per heavy atom. The van der Waals surface area contributed by atoms with Crippen LogP contribution in [-0.2, 0) is 11.2 Å². The van der Waals surface area contributed by atoms with Crippen molar-refractivity contribution in [2.24, 2.45) is 11.8 Å². The number of amides is 1. The first-order chi connectivity index (χ1) is 18.4. The van der Waals surface area contributed by atoms with Gasteiger partial charge in [-0.1, -0.05) is 46.0 Å². The minimum absolute atomic E-state index is 0.0189. The number of aromatic nitrogens is 5. The summed E-state index contributed by atoms with van der Waals surface area (Å²) in [5, 5.41) is 33.6. The lowest BCUT2D eigenvalue weighted by Crippen LogP contribution is -2.50. The average molecular weight is 521 g/mol. The van der Waals surface area contributed by atoms with Crippen molar-refractivity contribution in [1.82, 2.24) is 29.9 Å². The molecular formula is C29H40N6O3. The van der Waals surface area contributed by atoms with E-state index < -0.39 is 18.2 Å². The molecule has 2 aliphatic rings. The molecule has 9 heteroatoms. The molecular weight excluding hydrogens is 480 g/mol. The monoisotopic (exact) mass is 520 g/mol. The van der Waals surface area contributed by atoms with Gasteiger partial charge in [-0.05, 0) is 49.7 Å². The van der Waals surface area contributed by atoms with Crippen molar-refractivity contribution in [3.8, 4) is 11.3 Å². The van der Waals surface area contributed by atoms with Crippen LogP contribution in [0.5, 0.6) is 0 Å². The lowest BCUT2D eigenvalue weighted by molar-refractivity contribution is -0.123. The molecule has 0 bridgehead atoms. The summed E-state index contributed by atoms with van der Waals surface area (Å²) in [6, 6.07) is 3.35. The van der Waals surface area contributed by atoms with Crippen LogP contribution < -0.4 is 5.32 Å². The Hall–Kier alpha value is -2.91. The fourth-order valence-corrected chi connectivity index (χ4v) is 5.68. The largest absolute Gasteiger partial charge is 0.390 e. The third-order valence-corrected chi connectivity index (χ3v) is 8.37. The molecule has 2 saturated carbocycles. The molecule has 0 aromatic carbocycles. The van der Waals surface area contributed by atoms with Crippen LogP contribution >= 0.6 is 0 Å². The van der Waals surface area contributed by atoms with Gasteiger partial charge in [-0.2, -0.15) is 0 Å². The summed E-state index contributed by atoms with van der Waals surface area (Å²) in [6.45, 7) is 4.22. The van der Waals surface area contributed by atoms with Gasteiger partial charge >= 0.3 is 0 Å². The van der Waals surface area contributed by atoms with E-state index in [1.54, 1.807) is 12.4 Å². The van der Waals surface area contributed by atoms with Crippen molar-refractivity contribution in [1.29, 1.82) is 0 Å². The maximum absolute atomic E-state index is 13.3. The highest BCUT2D eigenvalue weighted by Crippen LogP contribution is 2.36. The van der Waals surface area contributed by atoms with Gasteiger partial charge in [0.1, 0.15) is 11.9 Å². The molecule has 0 spiro atoms. The smallest absolute Gasteiger partial charge is 0.227 e. The molecule has 9 nitrogen and oxygen atoms in total. The number of nitrogens with zero attached hydrogens (tertiary/aromatic N) is 5. The average Bonchev–Trinajstić information content (AvgIpc) is 3.73. The maximum Gasteiger partial charge on any atom is 0.227 e. The van der Waals surface area contributed by atoms with Gasteiger partial charge in [0.25, 0.3) is 0 Å². The molecule has 5 rings (SSSR count). The van der Waals surface area contributed by atoms with Crippen LogP contribution in [0.15, 0.2) is 30.7 Å². The van der Waals surface area contributed by atoms with Gasteiger partial charge in [-0.25, -0.2) is 4.98 Å². The first-order valence-corrected chi connectivity index (χ1v) is 14.2. The van der Waals surface area contributed by atoms with E-state index in [1.807, 2.05) is 22.7 Å². The second kappa shape index (κ2) is 11.9. The lowest BCUT2D eigenvalue weighted by atomic mass is 9.82. The number of nitrogens with one attached hydrogen (secondary N) is 1. The maximum atomic E-state index is 13.3. The van der Waals surface area contributed by atoms with Crippen LogP contribution in [0.4, 0.5) is 0 Å². The van der Waals surface area contributed by atoms with E-state index in [-0.39, 0.29) is 24.2 Å². The summed E-state index contributed by atoms with van der Waals surface area (Å²) in [5.74, 6) is 1.04. The SMILES string of the molecule is CCC(C)c1nc(-c2cccnc2)cn2c(CC(=O)N[C@@H](CC3CCCCC3)[C@@H](O)[C@@H](O)C3CC3)nnc12. The topological polar surface area (TPSA) is 126 Å². The number of fused-ring (bicyclic) bond motifs is 1. The Kier molecular flexibility index (Phi) is 8.33. The quantitative estimate of drug-likeness (QED) is 0.351. The standard InChI is InChI=1S/C29H40N6O3/c1-3-18(2)26-29-34-33-24(35(29)17-23(32-26)21-10-7-13-30-16-21)15-25(36)31-22(14-19-8-5-4-6-9-19)28(38)27(37)20-11-12-20/h7,10,13,16-20,22,27-28,37-38H,3-6,8-9,11-12,14-15H2,1-2H3,(H,31,36)/t18?,22-,27-,28+/m0/s1. The number of aliphatic hydroxyl groups is 2. The van der Waals surface area contributed by atoms with Gasteiger partial charge in [0, 0.05) is 30.1 Å². The number of rotatable bonds is 11. The third kappa shape index (κ3) is 6.04. The number of hydrogen-bond acceptors (Lipinski definition) is 7. The molecule has 3 aromatic rings. The molecule has 0 radical (unpaired) electrons. The fraction of sp³-hybridized carbons (Fsp3) is 0.621. The first kappa shape index (κ1) is 26.7. The molecule has 2 fully saturated rings. The van der Waals surface area contributed by atoms with E-state index >= 15 is 0 Å². The second-order valence-corrected chi connectivity index (χ2v) is 11.3. The van der Waals surface area contributed by atoms with Crippen LogP contribution in [-0.4, -0.2) is 58.9 Å². The summed E-state index contributed by atoms with van der Waals surface area (Å²) >= 11 is 0. The first-order valence-electron chi connectivity index (χ1n) is 14.2. The summed E-state index contributed by atoms with van der Waals surface area (Å²) in [7, 11) is 0. The minimum atomic E-state index is -0.970. The van der Waals surface area contributed by atoms with Crippen molar-refractivity contribution in [3.05, 3.63) is 42.2 Å². The van der Waals surface area contributed by atoms with Crippen LogP contribution in [0.2, 0.25) is 0 Å². The van der Waals surface area contributed by atoms with Crippen molar-refractivity contribution < 1.29 is 15.0 Å². The summed E-state index contributed by atoms with van der Waals surface area (Å²) in [5.41, 5.74) is 3.12. The van der Waals surface area contributed by atoms with Gasteiger partial charge < -0.3 is 15.5 Å². The molecule has 204 valence electrons. The zero-order valence-electron chi connectivity index (χ0n) is 22.5.